The number of carbonyl (C=O) groups is 2. The number of anilines is 2. The van der Waals surface area contributed by atoms with E-state index in [1.165, 1.54) is 6.33 Å². The molecule has 10 heteroatoms. The van der Waals surface area contributed by atoms with E-state index in [1.54, 1.807) is 31.4 Å². The fourth-order valence-electron chi connectivity index (χ4n) is 3.89. The van der Waals surface area contributed by atoms with Crippen LogP contribution in [0.15, 0.2) is 36.7 Å². The summed E-state index contributed by atoms with van der Waals surface area (Å²) in [4.78, 5) is 34.5. The van der Waals surface area contributed by atoms with Crippen LogP contribution < -0.4 is 25.4 Å². The van der Waals surface area contributed by atoms with Crippen molar-refractivity contribution in [3.8, 4) is 11.5 Å². The molecule has 0 fully saturated rings. The third kappa shape index (κ3) is 5.74. The summed E-state index contributed by atoms with van der Waals surface area (Å²) in [7, 11) is 1.57. The summed E-state index contributed by atoms with van der Waals surface area (Å²) in [6.45, 7) is 4.55. The van der Waals surface area contributed by atoms with E-state index >= 15 is 0 Å². The number of fused-ring (bicyclic) bond motifs is 2. The summed E-state index contributed by atoms with van der Waals surface area (Å²) in [5.41, 5.74) is 2.00. The zero-order chi connectivity index (χ0) is 24.9. The first kappa shape index (κ1) is 24.5. The summed E-state index contributed by atoms with van der Waals surface area (Å²) in [6, 6.07) is 8.19. The van der Waals surface area contributed by atoms with Crippen LogP contribution >= 0.6 is 11.6 Å². The van der Waals surface area contributed by atoms with Gasteiger partial charge in [-0.3, -0.25) is 9.59 Å². The second-order valence-corrected chi connectivity index (χ2v) is 9.06. The van der Waals surface area contributed by atoms with Crippen LogP contribution in [-0.4, -0.2) is 48.1 Å². The number of nitrogens with zero attached hydrogens (tertiary/aromatic N) is 2. The Balaban J connectivity index is 1.77. The van der Waals surface area contributed by atoms with Crippen molar-refractivity contribution in [2.45, 2.75) is 32.7 Å². The Morgan fingerprint density at radius 1 is 1.17 bits per heavy atom. The van der Waals surface area contributed by atoms with E-state index in [-0.39, 0.29) is 24.2 Å². The van der Waals surface area contributed by atoms with Crippen molar-refractivity contribution in [2.24, 2.45) is 5.92 Å². The lowest BCUT2D eigenvalue weighted by atomic mass is 10.0. The Labute approximate surface area is 208 Å². The summed E-state index contributed by atoms with van der Waals surface area (Å²) in [6.07, 6.45) is 2.09. The van der Waals surface area contributed by atoms with Gasteiger partial charge in [0.15, 0.2) is 11.5 Å². The average Bonchev–Trinajstić information content (AvgIpc) is 2.83. The maximum atomic E-state index is 12.9. The molecule has 3 N–H and O–H groups in total. The highest BCUT2D eigenvalue weighted by Crippen LogP contribution is 2.35. The molecule has 1 aliphatic rings. The van der Waals surface area contributed by atoms with E-state index in [9.17, 15) is 9.59 Å². The SMILES string of the molecule is COc1cc2ncnc3c2cc1OCCCNC(=O)C(C(C)C)NC(=O)Cc1ccc(Cl)cc1N3. The molecule has 0 saturated heterocycles. The summed E-state index contributed by atoms with van der Waals surface area (Å²) in [5, 5.41) is 10.3. The van der Waals surface area contributed by atoms with Crippen LogP contribution in [0, 0.1) is 5.92 Å². The molecule has 35 heavy (non-hydrogen) atoms. The minimum atomic E-state index is -0.653. The standard InChI is InChI=1S/C25H28ClN5O4/c1-14(2)23-25(33)27-7-4-8-35-21-11-17-19(12-20(21)34-3)28-13-29-24(17)30-18-10-16(26)6-5-15(18)9-22(32)31-23/h5-6,10-14,23H,4,7-9H2,1-3H3,(H,27,33)(H,31,32)(H,28,29,30). The number of aromatic nitrogens is 2. The topological polar surface area (TPSA) is 114 Å². The number of halogens is 1. The summed E-state index contributed by atoms with van der Waals surface area (Å²) in [5.74, 6) is 1.04. The molecule has 2 bridgehead atoms. The van der Waals surface area contributed by atoms with Crippen LogP contribution in [0.2, 0.25) is 5.02 Å². The second-order valence-electron chi connectivity index (χ2n) is 8.63. The lowest BCUT2D eigenvalue weighted by Gasteiger charge is -2.22. The monoisotopic (exact) mass is 497 g/mol. The van der Waals surface area contributed by atoms with Gasteiger partial charge in [0.05, 0.1) is 25.7 Å². The third-order valence-corrected chi connectivity index (χ3v) is 5.98. The molecular weight excluding hydrogens is 470 g/mol. The van der Waals surface area contributed by atoms with Gasteiger partial charge in [0.2, 0.25) is 11.8 Å². The van der Waals surface area contributed by atoms with Crippen LogP contribution in [0.1, 0.15) is 25.8 Å². The Morgan fingerprint density at radius 3 is 2.77 bits per heavy atom. The van der Waals surface area contributed by atoms with Crippen molar-refractivity contribution in [1.82, 2.24) is 20.6 Å². The van der Waals surface area contributed by atoms with Gasteiger partial charge in [0.1, 0.15) is 18.2 Å². The second kappa shape index (κ2) is 10.8. The molecule has 0 radical (unpaired) electrons. The molecule has 0 spiro atoms. The molecule has 0 saturated carbocycles. The molecule has 4 rings (SSSR count). The smallest absolute Gasteiger partial charge is 0.242 e. The van der Waals surface area contributed by atoms with Gasteiger partial charge in [-0.25, -0.2) is 9.97 Å². The first-order chi connectivity index (χ1) is 16.9. The van der Waals surface area contributed by atoms with Gasteiger partial charge < -0.3 is 25.4 Å². The van der Waals surface area contributed by atoms with E-state index in [4.69, 9.17) is 21.1 Å². The Kier molecular flexibility index (Phi) is 7.55. The molecule has 2 heterocycles. The van der Waals surface area contributed by atoms with Crippen molar-refractivity contribution >= 4 is 45.8 Å². The molecule has 9 nitrogen and oxygen atoms in total. The lowest BCUT2D eigenvalue weighted by Crippen LogP contribution is -2.50. The molecule has 1 unspecified atom stereocenters. The Bertz CT molecular complexity index is 1250. The van der Waals surface area contributed by atoms with E-state index < -0.39 is 6.04 Å². The zero-order valence-corrected chi connectivity index (χ0v) is 20.6. The van der Waals surface area contributed by atoms with Gasteiger partial charge >= 0.3 is 0 Å². The molecule has 1 aliphatic heterocycles. The lowest BCUT2D eigenvalue weighted by molar-refractivity contribution is -0.129. The van der Waals surface area contributed by atoms with Crippen LogP contribution in [0.4, 0.5) is 11.5 Å². The van der Waals surface area contributed by atoms with Gasteiger partial charge in [-0.1, -0.05) is 31.5 Å². The Morgan fingerprint density at radius 2 is 2.00 bits per heavy atom. The predicted octanol–water partition coefficient (Wildman–Crippen LogP) is 3.62. The number of ether oxygens (including phenoxy) is 2. The molecule has 2 aromatic carbocycles. The molecule has 2 amide bonds. The van der Waals surface area contributed by atoms with Gasteiger partial charge in [0.25, 0.3) is 0 Å². The fourth-order valence-corrected chi connectivity index (χ4v) is 4.06. The van der Waals surface area contributed by atoms with Crippen molar-refractivity contribution in [3.63, 3.8) is 0 Å². The minimum absolute atomic E-state index is 0.0567. The highest BCUT2D eigenvalue weighted by molar-refractivity contribution is 6.31. The summed E-state index contributed by atoms with van der Waals surface area (Å²) >= 11 is 6.27. The molecule has 184 valence electrons. The van der Waals surface area contributed by atoms with Gasteiger partial charge in [0, 0.05) is 28.7 Å². The van der Waals surface area contributed by atoms with Gasteiger partial charge in [-0.05, 0) is 36.1 Å². The third-order valence-electron chi connectivity index (χ3n) is 5.74. The first-order valence-corrected chi connectivity index (χ1v) is 11.8. The minimum Gasteiger partial charge on any atom is -0.493 e. The van der Waals surface area contributed by atoms with Crippen molar-refractivity contribution in [3.05, 3.63) is 47.2 Å². The maximum absolute atomic E-state index is 12.9. The summed E-state index contributed by atoms with van der Waals surface area (Å²) < 4.78 is 11.5. The van der Waals surface area contributed by atoms with Crippen LogP contribution in [0.3, 0.4) is 0 Å². The number of hydrogen-bond donors (Lipinski definition) is 3. The molecule has 1 atom stereocenters. The van der Waals surface area contributed by atoms with E-state index in [2.05, 4.69) is 25.9 Å². The average molecular weight is 498 g/mol. The van der Waals surface area contributed by atoms with E-state index in [0.717, 1.165) is 5.39 Å². The number of nitrogens with one attached hydrogen (secondary N) is 3. The van der Waals surface area contributed by atoms with Crippen molar-refractivity contribution < 1.29 is 19.1 Å². The predicted molar refractivity (Wildman–Crippen MR) is 134 cm³/mol. The van der Waals surface area contributed by atoms with E-state index in [0.29, 0.717) is 58.7 Å². The number of methoxy groups -OCH3 is 1. The quantitative estimate of drug-likeness (QED) is 0.495. The molecule has 0 aliphatic carbocycles. The van der Waals surface area contributed by atoms with E-state index in [1.807, 2.05) is 19.9 Å². The van der Waals surface area contributed by atoms with Crippen molar-refractivity contribution in [1.29, 1.82) is 0 Å². The zero-order valence-electron chi connectivity index (χ0n) is 19.9. The largest absolute Gasteiger partial charge is 0.493 e. The molecular formula is C25H28ClN5O4. The van der Waals surface area contributed by atoms with Crippen molar-refractivity contribution in [2.75, 3.05) is 25.6 Å². The number of benzene rings is 2. The van der Waals surface area contributed by atoms with Crippen LogP contribution in [-0.2, 0) is 16.0 Å². The number of hydrogen-bond acceptors (Lipinski definition) is 7. The highest BCUT2D eigenvalue weighted by atomic mass is 35.5. The number of amides is 2. The molecule has 3 aromatic rings. The number of carbonyl (C=O) groups excluding carboxylic acids is 2. The maximum Gasteiger partial charge on any atom is 0.242 e. The Hall–Kier alpha value is -3.59. The first-order valence-electron chi connectivity index (χ1n) is 11.4. The highest BCUT2D eigenvalue weighted by Gasteiger charge is 2.24. The van der Waals surface area contributed by atoms with Gasteiger partial charge in [-0.2, -0.15) is 0 Å². The fraction of sp³-hybridized carbons (Fsp3) is 0.360. The van der Waals surface area contributed by atoms with Crippen LogP contribution in [0.5, 0.6) is 11.5 Å². The normalized spacial score (nSPS) is 17.1. The molecule has 1 aromatic heterocycles. The number of rotatable bonds is 2. The van der Waals surface area contributed by atoms with Crippen LogP contribution in [0.25, 0.3) is 10.9 Å². The van der Waals surface area contributed by atoms with Gasteiger partial charge in [-0.15, -0.1) is 0 Å².